The molecule has 4 aromatic rings. The van der Waals surface area contributed by atoms with Crippen LogP contribution in [0.5, 0.6) is 0 Å². The Balaban J connectivity index is 1.51. The van der Waals surface area contributed by atoms with Gasteiger partial charge >= 0.3 is 0 Å². The van der Waals surface area contributed by atoms with Gasteiger partial charge in [0.25, 0.3) is 5.56 Å². The number of nitrogens with zero attached hydrogens (tertiary/aromatic N) is 4. The van der Waals surface area contributed by atoms with E-state index in [4.69, 9.17) is 0 Å². The summed E-state index contributed by atoms with van der Waals surface area (Å²) >= 11 is 0. The minimum absolute atomic E-state index is 0.0612. The molecule has 3 aromatic heterocycles. The van der Waals surface area contributed by atoms with Crippen molar-refractivity contribution in [2.45, 2.75) is 31.8 Å². The van der Waals surface area contributed by atoms with E-state index in [1.165, 1.54) is 4.57 Å². The molecule has 1 amide bonds. The molecule has 0 aliphatic heterocycles. The summed E-state index contributed by atoms with van der Waals surface area (Å²) in [6, 6.07) is 15.1. The Labute approximate surface area is 160 Å². The van der Waals surface area contributed by atoms with Crippen molar-refractivity contribution < 1.29 is 4.79 Å². The van der Waals surface area contributed by atoms with E-state index in [1.54, 1.807) is 22.8 Å². The fraction of sp³-hybridized carbons (Fsp3) is 0.238. The minimum atomic E-state index is -0.227. The Morgan fingerprint density at radius 1 is 1.11 bits per heavy atom. The third kappa shape index (κ3) is 2.94. The summed E-state index contributed by atoms with van der Waals surface area (Å²) in [5.74, 6) is 0.211. The van der Waals surface area contributed by atoms with E-state index in [9.17, 15) is 9.59 Å². The first-order valence-electron chi connectivity index (χ1n) is 9.38. The molecule has 5 rings (SSSR count). The zero-order valence-corrected chi connectivity index (χ0v) is 15.2. The number of pyridine rings is 1. The fourth-order valence-corrected chi connectivity index (χ4v) is 3.45. The number of fused-ring (bicyclic) bond motifs is 3. The molecule has 3 heterocycles. The Morgan fingerprint density at radius 2 is 1.93 bits per heavy atom. The second kappa shape index (κ2) is 6.60. The summed E-state index contributed by atoms with van der Waals surface area (Å²) in [6.07, 6.45) is 3.88. The van der Waals surface area contributed by atoms with Crippen LogP contribution in [0.15, 0.2) is 59.5 Å². The van der Waals surface area contributed by atoms with Gasteiger partial charge in [-0.3, -0.25) is 14.2 Å². The van der Waals surface area contributed by atoms with Gasteiger partial charge in [0, 0.05) is 18.7 Å². The van der Waals surface area contributed by atoms with E-state index >= 15 is 0 Å². The third-order valence-electron chi connectivity index (χ3n) is 5.08. The Morgan fingerprint density at radius 3 is 2.71 bits per heavy atom. The zero-order valence-electron chi connectivity index (χ0n) is 15.2. The lowest BCUT2D eigenvalue weighted by atomic mass is 10.2. The maximum absolute atomic E-state index is 13.1. The van der Waals surface area contributed by atoms with Crippen molar-refractivity contribution in [2.75, 3.05) is 0 Å². The van der Waals surface area contributed by atoms with Gasteiger partial charge in [-0.15, -0.1) is 0 Å². The topological polar surface area (TPSA) is 81.3 Å². The maximum atomic E-state index is 13.1. The van der Waals surface area contributed by atoms with Crippen molar-refractivity contribution in [2.24, 2.45) is 0 Å². The molecule has 1 aliphatic carbocycles. The van der Waals surface area contributed by atoms with Crippen LogP contribution >= 0.6 is 0 Å². The van der Waals surface area contributed by atoms with Gasteiger partial charge in [-0.25, -0.2) is 9.50 Å². The highest BCUT2D eigenvalue weighted by Crippen LogP contribution is 2.39. The second-order valence-corrected chi connectivity index (χ2v) is 7.14. The van der Waals surface area contributed by atoms with E-state index in [1.807, 2.05) is 36.4 Å². The van der Waals surface area contributed by atoms with Gasteiger partial charge in [0.2, 0.25) is 5.91 Å². The second-order valence-electron chi connectivity index (χ2n) is 7.14. The van der Waals surface area contributed by atoms with Crippen molar-refractivity contribution in [1.82, 2.24) is 24.5 Å². The van der Waals surface area contributed by atoms with E-state index in [0.29, 0.717) is 29.1 Å². The molecule has 0 saturated heterocycles. The number of hydrogen-bond donors (Lipinski definition) is 1. The first kappa shape index (κ1) is 16.7. The Hall–Kier alpha value is -3.48. The standard InChI is InChI=1S/C21H19N5O2/c27-19(23-12-14-5-2-1-3-6-14)13-25-17-7-4-10-22-20(17)26-18(21(25)28)11-16(24-26)15-8-9-15/h1-7,10-11,15H,8-9,12-13H2,(H,23,27). The summed E-state index contributed by atoms with van der Waals surface area (Å²) < 4.78 is 3.10. The van der Waals surface area contributed by atoms with Crippen LogP contribution in [0.2, 0.25) is 0 Å². The highest BCUT2D eigenvalue weighted by Gasteiger charge is 2.27. The molecular weight excluding hydrogens is 354 g/mol. The lowest BCUT2D eigenvalue weighted by Crippen LogP contribution is -2.33. The molecule has 0 bridgehead atoms. The predicted octanol–water partition coefficient (Wildman–Crippen LogP) is 2.24. The molecule has 7 nitrogen and oxygen atoms in total. The van der Waals surface area contributed by atoms with Gasteiger partial charge in [0.1, 0.15) is 12.1 Å². The summed E-state index contributed by atoms with van der Waals surface area (Å²) in [7, 11) is 0. The van der Waals surface area contributed by atoms with Crippen LogP contribution in [0.25, 0.3) is 16.7 Å². The monoisotopic (exact) mass is 373 g/mol. The molecule has 1 fully saturated rings. The van der Waals surface area contributed by atoms with Crippen LogP contribution in [0.1, 0.15) is 30.0 Å². The highest BCUT2D eigenvalue weighted by molar-refractivity contribution is 5.80. The summed E-state index contributed by atoms with van der Waals surface area (Å²) in [4.78, 5) is 30.0. The quantitative estimate of drug-likeness (QED) is 0.582. The van der Waals surface area contributed by atoms with E-state index in [-0.39, 0.29) is 18.0 Å². The average Bonchev–Trinajstić information content (AvgIpc) is 3.48. The summed E-state index contributed by atoms with van der Waals surface area (Å²) in [5, 5.41) is 7.48. The smallest absolute Gasteiger partial charge is 0.277 e. The highest BCUT2D eigenvalue weighted by atomic mass is 16.2. The summed E-state index contributed by atoms with van der Waals surface area (Å²) in [6.45, 7) is 0.361. The van der Waals surface area contributed by atoms with Gasteiger partial charge in [-0.05, 0) is 36.6 Å². The molecule has 7 heteroatoms. The maximum Gasteiger partial charge on any atom is 0.277 e. The molecule has 1 aliphatic rings. The Kier molecular flexibility index (Phi) is 3.93. The minimum Gasteiger partial charge on any atom is -0.350 e. The van der Waals surface area contributed by atoms with Gasteiger partial charge in [-0.2, -0.15) is 5.10 Å². The first-order valence-corrected chi connectivity index (χ1v) is 9.38. The van der Waals surface area contributed by atoms with Crippen molar-refractivity contribution in [3.05, 3.63) is 76.3 Å². The molecule has 0 spiro atoms. The van der Waals surface area contributed by atoms with E-state index in [0.717, 1.165) is 24.1 Å². The molecule has 140 valence electrons. The lowest BCUT2D eigenvalue weighted by molar-refractivity contribution is -0.121. The van der Waals surface area contributed by atoms with Gasteiger partial charge in [0.15, 0.2) is 5.65 Å². The van der Waals surface area contributed by atoms with Gasteiger partial charge < -0.3 is 5.32 Å². The van der Waals surface area contributed by atoms with E-state index in [2.05, 4.69) is 15.4 Å². The number of nitrogens with one attached hydrogen (secondary N) is 1. The number of hydrogen-bond acceptors (Lipinski definition) is 4. The number of benzene rings is 1. The molecule has 0 atom stereocenters. The van der Waals surface area contributed by atoms with Crippen LogP contribution in [-0.4, -0.2) is 25.1 Å². The molecule has 1 aromatic carbocycles. The largest absolute Gasteiger partial charge is 0.350 e. The zero-order chi connectivity index (χ0) is 19.1. The molecule has 28 heavy (non-hydrogen) atoms. The van der Waals surface area contributed by atoms with Crippen LogP contribution < -0.4 is 10.9 Å². The van der Waals surface area contributed by atoms with Crippen molar-refractivity contribution in [3.8, 4) is 0 Å². The van der Waals surface area contributed by atoms with Gasteiger partial charge in [-0.1, -0.05) is 30.3 Å². The van der Waals surface area contributed by atoms with E-state index < -0.39 is 0 Å². The van der Waals surface area contributed by atoms with Crippen LogP contribution in [0.3, 0.4) is 0 Å². The molecular formula is C21H19N5O2. The van der Waals surface area contributed by atoms with Crippen LogP contribution in [0, 0.1) is 0 Å². The average molecular weight is 373 g/mol. The van der Waals surface area contributed by atoms with Gasteiger partial charge in [0.05, 0.1) is 11.2 Å². The summed E-state index contributed by atoms with van der Waals surface area (Å²) in [5.41, 5.74) is 3.35. The number of carbonyl (C=O) groups is 1. The lowest BCUT2D eigenvalue weighted by Gasteiger charge is -2.11. The number of aromatic nitrogens is 4. The predicted molar refractivity (Wildman–Crippen MR) is 105 cm³/mol. The van der Waals surface area contributed by atoms with Crippen molar-refractivity contribution in [1.29, 1.82) is 0 Å². The third-order valence-corrected chi connectivity index (χ3v) is 5.08. The first-order chi connectivity index (χ1) is 13.7. The number of carbonyl (C=O) groups excluding carboxylic acids is 1. The SMILES string of the molecule is O=C(Cn1c(=O)c2cc(C3CC3)nn2c2ncccc21)NCc1ccccc1. The number of amides is 1. The molecule has 1 N–H and O–H groups in total. The van der Waals surface area contributed by atoms with Crippen LogP contribution in [0.4, 0.5) is 0 Å². The van der Waals surface area contributed by atoms with Crippen LogP contribution in [-0.2, 0) is 17.9 Å². The van der Waals surface area contributed by atoms with Crippen molar-refractivity contribution in [3.63, 3.8) is 0 Å². The number of rotatable bonds is 5. The van der Waals surface area contributed by atoms with Crippen molar-refractivity contribution >= 4 is 22.6 Å². The fourth-order valence-electron chi connectivity index (χ4n) is 3.45. The normalized spacial score (nSPS) is 13.9. The Bertz CT molecular complexity index is 1240. The molecule has 0 unspecified atom stereocenters. The molecule has 0 radical (unpaired) electrons. The molecule has 1 saturated carbocycles.